The molecule has 2 fully saturated rings. The van der Waals surface area contributed by atoms with Gasteiger partial charge in [-0.15, -0.1) is 0 Å². The first-order valence-electron chi connectivity index (χ1n) is 9.37. The molecular formula is C19H30N4O3. The molecule has 1 aromatic rings. The lowest BCUT2D eigenvalue weighted by Gasteiger charge is -2.52. The zero-order valence-corrected chi connectivity index (χ0v) is 16.0. The van der Waals surface area contributed by atoms with Gasteiger partial charge in [-0.25, -0.2) is 4.98 Å². The fourth-order valence-electron chi connectivity index (χ4n) is 4.22. The van der Waals surface area contributed by atoms with Crippen LogP contribution in [0.4, 0.5) is 0 Å². The third-order valence-corrected chi connectivity index (χ3v) is 6.10. The molecule has 1 atom stereocenters. The van der Waals surface area contributed by atoms with Crippen LogP contribution in [0.5, 0.6) is 0 Å². The molecule has 3 heterocycles. The number of carbonyl (C=O) groups excluding carboxylic acids is 1. The van der Waals surface area contributed by atoms with Gasteiger partial charge in [0.25, 0.3) is 5.91 Å². The largest absolute Gasteiger partial charge is 0.387 e. The summed E-state index contributed by atoms with van der Waals surface area (Å²) in [5, 5.41) is 10.9. The number of methoxy groups -OCH3 is 1. The molecule has 0 saturated carbocycles. The predicted molar refractivity (Wildman–Crippen MR) is 97.8 cm³/mol. The second-order valence-corrected chi connectivity index (χ2v) is 8.18. The van der Waals surface area contributed by atoms with Gasteiger partial charge < -0.3 is 14.7 Å². The molecule has 7 nitrogen and oxygen atoms in total. The van der Waals surface area contributed by atoms with E-state index in [9.17, 15) is 9.90 Å². The normalized spacial score (nSPS) is 27.5. The van der Waals surface area contributed by atoms with Crippen LogP contribution in [0.15, 0.2) is 18.6 Å². The Balaban J connectivity index is 1.57. The number of likely N-dealkylation sites (tertiary alicyclic amines) is 2. The van der Waals surface area contributed by atoms with Crippen LogP contribution < -0.4 is 0 Å². The summed E-state index contributed by atoms with van der Waals surface area (Å²) in [6.45, 7) is 7.79. The van der Waals surface area contributed by atoms with Gasteiger partial charge in [0.2, 0.25) is 0 Å². The van der Waals surface area contributed by atoms with Crippen LogP contribution in [0.1, 0.15) is 43.6 Å². The Hall–Kier alpha value is -1.57. The van der Waals surface area contributed by atoms with Crippen LogP contribution >= 0.6 is 0 Å². The molecule has 7 heteroatoms. The number of piperidine rings is 2. The van der Waals surface area contributed by atoms with Crippen molar-refractivity contribution < 1.29 is 14.6 Å². The Bertz CT molecular complexity index is 616. The predicted octanol–water partition coefficient (Wildman–Crippen LogP) is 1.19. The van der Waals surface area contributed by atoms with Crippen molar-refractivity contribution >= 4 is 5.91 Å². The molecular weight excluding hydrogens is 332 g/mol. The van der Waals surface area contributed by atoms with Crippen molar-refractivity contribution in [2.24, 2.45) is 5.41 Å². The smallest absolute Gasteiger partial charge is 0.274 e. The molecule has 26 heavy (non-hydrogen) atoms. The molecule has 144 valence electrons. The lowest BCUT2D eigenvalue weighted by Crippen LogP contribution is -2.62. The van der Waals surface area contributed by atoms with Crippen LogP contribution in [0.25, 0.3) is 0 Å². The van der Waals surface area contributed by atoms with Gasteiger partial charge in [-0.1, -0.05) is 13.8 Å². The van der Waals surface area contributed by atoms with Gasteiger partial charge in [0, 0.05) is 57.1 Å². The van der Waals surface area contributed by atoms with Crippen molar-refractivity contribution in [1.29, 1.82) is 0 Å². The molecule has 0 bridgehead atoms. The van der Waals surface area contributed by atoms with Crippen LogP contribution in [0.3, 0.4) is 0 Å². The SMILES string of the molecule is COC[C@]1(O)CCN(C2CCN(C(=O)c3cnccn3)CC2)CC1(C)C. The zero-order chi connectivity index (χ0) is 18.8. The summed E-state index contributed by atoms with van der Waals surface area (Å²) < 4.78 is 5.26. The molecule has 1 amide bonds. The summed E-state index contributed by atoms with van der Waals surface area (Å²) in [5.74, 6) is -0.0370. The monoisotopic (exact) mass is 362 g/mol. The lowest BCUT2D eigenvalue weighted by molar-refractivity contribution is -0.157. The van der Waals surface area contributed by atoms with Crippen LogP contribution in [0.2, 0.25) is 0 Å². The van der Waals surface area contributed by atoms with Crippen LogP contribution in [-0.2, 0) is 4.74 Å². The van der Waals surface area contributed by atoms with Gasteiger partial charge in [-0.05, 0) is 19.3 Å². The van der Waals surface area contributed by atoms with E-state index in [2.05, 4.69) is 28.7 Å². The first-order valence-corrected chi connectivity index (χ1v) is 9.37. The summed E-state index contributed by atoms with van der Waals surface area (Å²) >= 11 is 0. The molecule has 0 unspecified atom stereocenters. The Kier molecular flexibility index (Phi) is 5.60. The van der Waals surface area contributed by atoms with Crippen LogP contribution in [0, 0.1) is 5.41 Å². The minimum atomic E-state index is -0.777. The number of hydrogen-bond donors (Lipinski definition) is 1. The molecule has 0 aromatic carbocycles. The number of aromatic nitrogens is 2. The van der Waals surface area contributed by atoms with Gasteiger partial charge in [0.1, 0.15) is 5.69 Å². The molecule has 0 radical (unpaired) electrons. The molecule has 1 N–H and O–H groups in total. The first-order chi connectivity index (χ1) is 12.4. The van der Waals surface area contributed by atoms with Gasteiger partial charge in [0.05, 0.1) is 18.4 Å². The number of ether oxygens (including phenoxy) is 1. The van der Waals surface area contributed by atoms with Crippen molar-refractivity contribution in [2.75, 3.05) is 39.9 Å². The summed E-state index contributed by atoms with van der Waals surface area (Å²) in [6.07, 6.45) is 7.27. The van der Waals surface area contributed by atoms with Gasteiger partial charge >= 0.3 is 0 Å². The minimum absolute atomic E-state index is 0.0370. The fourth-order valence-corrected chi connectivity index (χ4v) is 4.22. The summed E-state index contributed by atoms with van der Waals surface area (Å²) in [4.78, 5) is 25.0. The maximum absolute atomic E-state index is 12.5. The second kappa shape index (κ2) is 7.58. The number of carbonyl (C=O) groups is 1. The van der Waals surface area contributed by atoms with Crippen LogP contribution in [-0.4, -0.2) is 82.3 Å². The number of rotatable bonds is 4. The maximum atomic E-state index is 12.5. The van der Waals surface area contributed by atoms with Crippen molar-refractivity contribution in [3.8, 4) is 0 Å². The van der Waals surface area contributed by atoms with Crippen molar-refractivity contribution in [3.63, 3.8) is 0 Å². The Morgan fingerprint density at radius 3 is 2.62 bits per heavy atom. The van der Waals surface area contributed by atoms with E-state index in [1.165, 1.54) is 6.20 Å². The third kappa shape index (κ3) is 3.75. The van der Waals surface area contributed by atoms with E-state index in [4.69, 9.17) is 4.74 Å². The topological polar surface area (TPSA) is 78.8 Å². The van der Waals surface area contributed by atoms with E-state index in [1.807, 2.05) is 4.90 Å². The van der Waals surface area contributed by atoms with Gasteiger partial charge in [0.15, 0.2) is 0 Å². The fraction of sp³-hybridized carbons (Fsp3) is 0.737. The zero-order valence-electron chi connectivity index (χ0n) is 16.0. The maximum Gasteiger partial charge on any atom is 0.274 e. The van der Waals surface area contributed by atoms with E-state index < -0.39 is 5.60 Å². The Morgan fingerprint density at radius 1 is 1.31 bits per heavy atom. The summed E-state index contributed by atoms with van der Waals surface area (Å²) in [5.41, 5.74) is -0.593. The number of nitrogens with zero attached hydrogens (tertiary/aromatic N) is 4. The third-order valence-electron chi connectivity index (χ3n) is 6.10. The van der Waals surface area contributed by atoms with Crippen molar-refractivity contribution in [1.82, 2.24) is 19.8 Å². The second-order valence-electron chi connectivity index (χ2n) is 8.18. The quantitative estimate of drug-likeness (QED) is 0.867. The highest BCUT2D eigenvalue weighted by Crippen LogP contribution is 2.40. The van der Waals surface area contributed by atoms with Crippen molar-refractivity contribution in [3.05, 3.63) is 24.3 Å². The van der Waals surface area contributed by atoms with Gasteiger partial charge in [-0.2, -0.15) is 0 Å². The number of hydrogen-bond acceptors (Lipinski definition) is 6. The summed E-state index contributed by atoms with van der Waals surface area (Å²) in [6, 6.07) is 0.451. The standard InChI is InChI=1S/C19H30N4O3/c1-18(2)13-23(11-6-19(18,25)14-26-3)15-4-9-22(10-5-15)17(24)16-12-20-7-8-21-16/h7-8,12,15,25H,4-6,9-11,13-14H2,1-3H3/t19-/m1/s1. The van der Waals surface area contributed by atoms with E-state index >= 15 is 0 Å². The van der Waals surface area contributed by atoms with E-state index in [0.717, 1.165) is 39.0 Å². The Morgan fingerprint density at radius 2 is 2.04 bits per heavy atom. The highest BCUT2D eigenvalue weighted by atomic mass is 16.5. The highest BCUT2D eigenvalue weighted by molar-refractivity contribution is 5.92. The molecule has 1 aromatic heterocycles. The highest BCUT2D eigenvalue weighted by Gasteiger charge is 2.48. The van der Waals surface area contributed by atoms with E-state index in [-0.39, 0.29) is 11.3 Å². The average Bonchev–Trinajstić information content (AvgIpc) is 2.65. The van der Waals surface area contributed by atoms with E-state index in [0.29, 0.717) is 24.8 Å². The molecule has 3 rings (SSSR count). The Labute approximate surface area is 155 Å². The summed E-state index contributed by atoms with van der Waals surface area (Å²) in [7, 11) is 1.64. The van der Waals surface area contributed by atoms with Gasteiger partial charge in [-0.3, -0.25) is 14.7 Å². The average molecular weight is 362 g/mol. The number of amides is 1. The molecule has 2 aliphatic heterocycles. The van der Waals surface area contributed by atoms with Crippen molar-refractivity contribution in [2.45, 2.75) is 44.8 Å². The molecule has 2 saturated heterocycles. The minimum Gasteiger partial charge on any atom is -0.387 e. The molecule has 2 aliphatic rings. The number of aliphatic hydroxyl groups is 1. The van der Waals surface area contributed by atoms with E-state index in [1.54, 1.807) is 19.5 Å². The lowest BCUT2D eigenvalue weighted by atomic mass is 9.70. The molecule has 0 aliphatic carbocycles. The first kappa shape index (κ1) is 19.2. The molecule has 0 spiro atoms.